The quantitative estimate of drug-likeness (QED) is 0.904. The van der Waals surface area contributed by atoms with Crippen LogP contribution in [-0.4, -0.2) is 10.3 Å². The van der Waals surface area contributed by atoms with Crippen LogP contribution in [0.1, 0.15) is 30.6 Å². The van der Waals surface area contributed by atoms with Gasteiger partial charge in [-0.1, -0.05) is 23.7 Å². The zero-order valence-corrected chi connectivity index (χ0v) is 10.5. The van der Waals surface area contributed by atoms with Crippen molar-refractivity contribution in [3.63, 3.8) is 0 Å². The van der Waals surface area contributed by atoms with Crippen molar-refractivity contribution in [1.82, 2.24) is 5.16 Å². The molecule has 0 aliphatic rings. The first-order valence-corrected chi connectivity index (χ1v) is 5.90. The molecule has 0 aliphatic heterocycles. The predicted molar refractivity (Wildman–Crippen MR) is 66.9 cm³/mol. The smallest absolute Gasteiger partial charge is 0.172 e. The van der Waals surface area contributed by atoms with E-state index < -0.39 is 6.10 Å². The van der Waals surface area contributed by atoms with E-state index in [1.807, 2.05) is 32.0 Å². The molecule has 0 aliphatic carbocycles. The van der Waals surface area contributed by atoms with E-state index in [-0.39, 0.29) is 0 Å². The number of aliphatic hydroxyl groups is 1. The van der Waals surface area contributed by atoms with Gasteiger partial charge in [-0.3, -0.25) is 0 Å². The van der Waals surface area contributed by atoms with Crippen LogP contribution in [0, 0.1) is 6.92 Å². The molecule has 0 saturated heterocycles. The van der Waals surface area contributed by atoms with E-state index in [9.17, 15) is 5.11 Å². The minimum absolute atomic E-state index is 0.549. The van der Waals surface area contributed by atoms with Gasteiger partial charge < -0.3 is 9.63 Å². The number of aromatic nitrogens is 1. The average Bonchev–Trinajstić information content (AvgIpc) is 2.80. The second-order valence-electron chi connectivity index (χ2n) is 4.00. The van der Waals surface area contributed by atoms with Crippen LogP contribution in [0.5, 0.6) is 0 Å². The maximum Gasteiger partial charge on any atom is 0.172 e. The van der Waals surface area contributed by atoms with E-state index in [2.05, 4.69) is 5.16 Å². The van der Waals surface area contributed by atoms with E-state index in [0.717, 1.165) is 11.1 Å². The van der Waals surface area contributed by atoms with E-state index in [1.165, 1.54) is 0 Å². The lowest BCUT2D eigenvalue weighted by Crippen LogP contribution is -1.95. The van der Waals surface area contributed by atoms with E-state index in [1.54, 1.807) is 6.20 Å². The highest BCUT2D eigenvalue weighted by Crippen LogP contribution is 2.31. The number of benzene rings is 1. The maximum absolute atomic E-state index is 9.86. The topological polar surface area (TPSA) is 46.3 Å². The fourth-order valence-corrected chi connectivity index (χ4v) is 1.83. The van der Waals surface area contributed by atoms with E-state index in [0.29, 0.717) is 22.8 Å². The zero-order chi connectivity index (χ0) is 12.4. The first kappa shape index (κ1) is 12.1. The van der Waals surface area contributed by atoms with Gasteiger partial charge in [-0.15, -0.1) is 0 Å². The van der Waals surface area contributed by atoms with Gasteiger partial charge in [0.05, 0.1) is 12.3 Å². The monoisotopic (exact) mass is 251 g/mol. The highest BCUT2D eigenvalue weighted by atomic mass is 35.5. The van der Waals surface area contributed by atoms with Gasteiger partial charge in [0.15, 0.2) is 5.76 Å². The van der Waals surface area contributed by atoms with Crippen molar-refractivity contribution >= 4 is 11.6 Å². The molecule has 1 N–H and O–H groups in total. The molecular formula is C13H14ClNO2. The Morgan fingerprint density at radius 2 is 2.24 bits per heavy atom. The minimum Gasteiger partial charge on any atom is -0.388 e. The van der Waals surface area contributed by atoms with Gasteiger partial charge in [-0.05, 0) is 37.1 Å². The number of nitrogens with zero attached hydrogens (tertiary/aromatic N) is 1. The molecule has 2 rings (SSSR count). The maximum atomic E-state index is 9.86. The lowest BCUT2D eigenvalue weighted by molar-refractivity contribution is 0.173. The number of halogens is 1. The van der Waals surface area contributed by atoms with Crippen LogP contribution in [0.15, 0.2) is 28.9 Å². The lowest BCUT2D eigenvalue weighted by atomic mass is 10.0. The summed E-state index contributed by atoms with van der Waals surface area (Å²) in [6, 6.07) is 5.60. The number of hydrogen-bond acceptors (Lipinski definition) is 3. The molecule has 0 fully saturated rings. The summed E-state index contributed by atoms with van der Waals surface area (Å²) in [6.07, 6.45) is 1.64. The molecule has 1 aromatic carbocycles. The average molecular weight is 252 g/mol. The van der Waals surface area contributed by atoms with Crippen LogP contribution in [0.2, 0.25) is 5.02 Å². The Bertz CT molecular complexity index is 522. The van der Waals surface area contributed by atoms with Gasteiger partial charge >= 0.3 is 0 Å². The zero-order valence-electron chi connectivity index (χ0n) is 9.77. The van der Waals surface area contributed by atoms with Gasteiger partial charge in [0, 0.05) is 16.1 Å². The first-order valence-electron chi connectivity index (χ1n) is 5.52. The van der Waals surface area contributed by atoms with Crippen LogP contribution < -0.4 is 0 Å². The van der Waals surface area contributed by atoms with Crippen molar-refractivity contribution < 1.29 is 9.63 Å². The number of hydrogen-bond donors (Lipinski definition) is 1. The van der Waals surface area contributed by atoms with Crippen LogP contribution in [0.3, 0.4) is 0 Å². The van der Waals surface area contributed by atoms with Crippen molar-refractivity contribution in [2.24, 2.45) is 0 Å². The second-order valence-corrected chi connectivity index (χ2v) is 4.41. The molecule has 3 nitrogen and oxygen atoms in total. The SMILES string of the molecule is CCC(O)c1cnoc1-c1ccc(Cl)c(C)c1. The normalized spacial score (nSPS) is 12.7. The summed E-state index contributed by atoms with van der Waals surface area (Å²) >= 11 is 5.98. The summed E-state index contributed by atoms with van der Waals surface area (Å²) in [7, 11) is 0. The van der Waals surface area contributed by atoms with Crippen LogP contribution in [0.4, 0.5) is 0 Å². The fraction of sp³-hybridized carbons (Fsp3) is 0.308. The summed E-state index contributed by atoms with van der Waals surface area (Å²) < 4.78 is 5.22. The second kappa shape index (κ2) is 4.90. The third kappa shape index (κ3) is 2.35. The van der Waals surface area contributed by atoms with Gasteiger partial charge in [0.25, 0.3) is 0 Å². The molecular weight excluding hydrogens is 238 g/mol. The minimum atomic E-state index is -0.549. The Balaban J connectivity index is 2.46. The summed E-state index contributed by atoms with van der Waals surface area (Å²) in [5.41, 5.74) is 2.57. The van der Waals surface area contributed by atoms with Gasteiger partial charge in [-0.2, -0.15) is 0 Å². The lowest BCUT2D eigenvalue weighted by Gasteiger charge is -2.07. The molecule has 0 bridgehead atoms. The fourth-order valence-electron chi connectivity index (χ4n) is 1.71. The molecule has 1 heterocycles. The highest BCUT2D eigenvalue weighted by molar-refractivity contribution is 6.31. The summed E-state index contributed by atoms with van der Waals surface area (Å²) in [5, 5.41) is 14.3. The molecule has 0 amide bonds. The Hall–Kier alpha value is -1.32. The Morgan fingerprint density at radius 1 is 1.47 bits per heavy atom. The van der Waals surface area contributed by atoms with Gasteiger partial charge in [0.2, 0.25) is 0 Å². The molecule has 2 aromatic rings. The van der Waals surface area contributed by atoms with Crippen molar-refractivity contribution in [1.29, 1.82) is 0 Å². The Labute approximate surface area is 105 Å². The Morgan fingerprint density at radius 3 is 2.88 bits per heavy atom. The molecule has 1 atom stereocenters. The van der Waals surface area contributed by atoms with E-state index >= 15 is 0 Å². The molecule has 4 heteroatoms. The first-order chi connectivity index (χ1) is 8.13. The predicted octanol–water partition coefficient (Wildman–Crippen LogP) is 3.75. The number of aryl methyl sites for hydroxylation is 1. The standard InChI is InChI=1S/C13H14ClNO2/c1-3-12(16)10-7-15-17-13(10)9-4-5-11(14)8(2)6-9/h4-7,12,16H,3H2,1-2H3. The largest absolute Gasteiger partial charge is 0.388 e. The van der Waals surface area contributed by atoms with Crippen molar-refractivity contribution in [2.45, 2.75) is 26.4 Å². The molecule has 0 saturated carbocycles. The van der Waals surface area contributed by atoms with Crippen molar-refractivity contribution in [3.8, 4) is 11.3 Å². The molecule has 1 aromatic heterocycles. The Kier molecular flexibility index (Phi) is 3.50. The summed E-state index contributed by atoms with van der Waals surface area (Å²) in [4.78, 5) is 0. The van der Waals surface area contributed by atoms with Crippen LogP contribution in [0.25, 0.3) is 11.3 Å². The highest BCUT2D eigenvalue weighted by Gasteiger charge is 2.17. The van der Waals surface area contributed by atoms with Crippen molar-refractivity contribution in [3.05, 3.63) is 40.5 Å². The van der Waals surface area contributed by atoms with Crippen LogP contribution >= 0.6 is 11.6 Å². The van der Waals surface area contributed by atoms with E-state index in [4.69, 9.17) is 16.1 Å². The summed E-state index contributed by atoms with van der Waals surface area (Å²) in [5.74, 6) is 0.610. The molecule has 1 unspecified atom stereocenters. The van der Waals surface area contributed by atoms with Gasteiger partial charge in [-0.25, -0.2) is 0 Å². The number of rotatable bonds is 3. The third-order valence-corrected chi connectivity index (χ3v) is 3.19. The molecule has 90 valence electrons. The van der Waals surface area contributed by atoms with Crippen LogP contribution in [-0.2, 0) is 0 Å². The molecule has 17 heavy (non-hydrogen) atoms. The third-order valence-electron chi connectivity index (χ3n) is 2.76. The van der Waals surface area contributed by atoms with Crippen molar-refractivity contribution in [2.75, 3.05) is 0 Å². The molecule has 0 spiro atoms. The van der Waals surface area contributed by atoms with Gasteiger partial charge in [0.1, 0.15) is 0 Å². The number of aliphatic hydroxyl groups excluding tert-OH is 1. The summed E-state index contributed by atoms with van der Waals surface area (Å²) in [6.45, 7) is 3.84. The molecule has 0 radical (unpaired) electrons.